The van der Waals surface area contributed by atoms with Crippen LogP contribution in [0, 0.1) is 12.7 Å². The first-order chi connectivity index (χ1) is 15.6. The van der Waals surface area contributed by atoms with E-state index in [1.807, 2.05) is 6.92 Å². The number of nitrogens with zero attached hydrogens (tertiary/aromatic N) is 5. The van der Waals surface area contributed by atoms with E-state index in [1.54, 1.807) is 12.1 Å². The maximum Gasteiger partial charge on any atom is 0.246 e. The Morgan fingerprint density at radius 2 is 1.91 bits per heavy atom. The summed E-state index contributed by atoms with van der Waals surface area (Å²) in [5, 5.41) is 7.75. The van der Waals surface area contributed by atoms with E-state index in [4.69, 9.17) is 4.74 Å². The van der Waals surface area contributed by atoms with Gasteiger partial charge in [0.05, 0.1) is 19.3 Å². The fourth-order valence-corrected chi connectivity index (χ4v) is 4.28. The zero-order valence-electron chi connectivity index (χ0n) is 18.6. The van der Waals surface area contributed by atoms with Gasteiger partial charge in [0.2, 0.25) is 5.95 Å². The molecular formula is C24H29FN6O. The summed E-state index contributed by atoms with van der Waals surface area (Å²) in [4.78, 5) is 9.31. The largest absolute Gasteiger partial charge is 0.378 e. The van der Waals surface area contributed by atoms with Gasteiger partial charge in [-0.15, -0.1) is 5.10 Å². The van der Waals surface area contributed by atoms with Crippen molar-refractivity contribution in [1.29, 1.82) is 0 Å². The molecule has 2 aromatic carbocycles. The predicted octanol–water partition coefficient (Wildman–Crippen LogP) is 3.54. The van der Waals surface area contributed by atoms with Crippen molar-refractivity contribution in [1.82, 2.24) is 19.7 Å². The molecule has 1 aromatic heterocycles. The monoisotopic (exact) mass is 436 g/mol. The smallest absolute Gasteiger partial charge is 0.246 e. The Labute approximate surface area is 187 Å². The molecule has 32 heavy (non-hydrogen) atoms. The van der Waals surface area contributed by atoms with Gasteiger partial charge in [0.1, 0.15) is 17.8 Å². The third-order valence-electron chi connectivity index (χ3n) is 6.30. The Balaban J connectivity index is 1.32. The third kappa shape index (κ3) is 4.33. The van der Waals surface area contributed by atoms with Crippen molar-refractivity contribution in [3.8, 4) is 5.69 Å². The molecule has 0 radical (unpaired) electrons. The Morgan fingerprint density at radius 1 is 1.09 bits per heavy atom. The van der Waals surface area contributed by atoms with Gasteiger partial charge in [0, 0.05) is 37.6 Å². The van der Waals surface area contributed by atoms with Gasteiger partial charge in [-0.1, -0.05) is 13.0 Å². The molecular weight excluding hydrogens is 407 g/mol. The van der Waals surface area contributed by atoms with Gasteiger partial charge in [0.15, 0.2) is 0 Å². The fraction of sp³-hybridized carbons (Fsp3) is 0.417. The average Bonchev–Trinajstić information content (AvgIpc) is 3.22. The van der Waals surface area contributed by atoms with E-state index in [9.17, 15) is 4.39 Å². The molecule has 0 unspecified atom stereocenters. The first kappa shape index (κ1) is 20.9. The van der Waals surface area contributed by atoms with Crippen LogP contribution in [0.2, 0.25) is 0 Å². The predicted molar refractivity (Wildman–Crippen MR) is 124 cm³/mol. The van der Waals surface area contributed by atoms with Gasteiger partial charge < -0.3 is 15.0 Å². The molecule has 0 bridgehead atoms. The normalized spacial score (nSPS) is 17.4. The molecule has 7 nitrogen and oxygen atoms in total. The lowest BCUT2D eigenvalue weighted by molar-refractivity contribution is -0.0660. The highest BCUT2D eigenvalue weighted by Crippen LogP contribution is 2.27. The Kier molecular flexibility index (Phi) is 5.80. The van der Waals surface area contributed by atoms with Crippen LogP contribution >= 0.6 is 0 Å². The molecule has 0 spiro atoms. The summed E-state index contributed by atoms with van der Waals surface area (Å²) in [6.07, 6.45) is 2.48. The van der Waals surface area contributed by atoms with Gasteiger partial charge >= 0.3 is 0 Å². The maximum atomic E-state index is 14.2. The lowest BCUT2D eigenvalue weighted by Gasteiger charge is -2.43. The number of hydrogen-bond acceptors (Lipinski definition) is 6. The highest BCUT2D eigenvalue weighted by atomic mass is 19.1. The van der Waals surface area contributed by atoms with Crippen molar-refractivity contribution in [2.24, 2.45) is 0 Å². The second-order valence-corrected chi connectivity index (χ2v) is 8.55. The number of benzene rings is 2. The fourth-order valence-electron chi connectivity index (χ4n) is 4.28. The minimum Gasteiger partial charge on any atom is -0.378 e. The SMILES string of the molecule is CCc1cc(Nc2ncn(-c3cc(C)ccc3F)n2)cc(N2CCN(C3COC3)CC2)c1. The standard InChI is InChI=1S/C24H29FN6O/c1-3-18-11-19(13-20(12-18)29-6-8-30(9-7-29)21-14-32-15-21)27-24-26-16-31(28-24)23-10-17(2)4-5-22(23)25/h4-5,10-13,16,21H,3,6-9,14-15H2,1-2H3,(H,27,28). The Hall–Kier alpha value is -2.97. The van der Waals surface area contributed by atoms with Crippen LogP contribution in [0.25, 0.3) is 5.69 Å². The molecule has 2 saturated heterocycles. The first-order valence-corrected chi connectivity index (χ1v) is 11.2. The molecule has 3 aromatic rings. The van der Waals surface area contributed by atoms with Gasteiger partial charge in [-0.2, -0.15) is 4.98 Å². The number of anilines is 3. The van der Waals surface area contributed by atoms with Crippen LogP contribution in [0.5, 0.6) is 0 Å². The average molecular weight is 437 g/mol. The van der Waals surface area contributed by atoms with Gasteiger partial charge in [-0.05, 0) is 54.8 Å². The zero-order valence-corrected chi connectivity index (χ0v) is 18.6. The second-order valence-electron chi connectivity index (χ2n) is 8.55. The van der Waals surface area contributed by atoms with Crippen LogP contribution in [-0.2, 0) is 11.2 Å². The van der Waals surface area contributed by atoms with Crippen LogP contribution in [0.4, 0.5) is 21.7 Å². The van der Waals surface area contributed by atoms with Crippen LogP contribution in [0.1, 0.15) is 18.1 Å². The highest BCUT2D eigenvalue weighted by Gasteiger charge is 2.29. The summed E-state index contributed by atoms with van der Waals surface area (Å²) in [5.74, 6) is 0.120. The van der Waals surface area contributed by atoms with Crippen molar-refractivity contribution >= 4 is 17.3 Å². The topological polar surface area (TPSA) is 58.5 Å². The van der Waals surface area contributed by atoms with Gasteiger partial charge in [-0.3, -0.25) is 4.90 Å². The first-order valence-electron chi connectivity index (χ1n) is 11.2. The molecule has 0 amide bonds. The number of halogens is 1. The molecule has 3 heterocycles. The summed E-state index contributed by atoms with van der Waals surface area (Å²) in [6.45, 7) is 9.94. The molecule has 2 aliphatic heterocycles. The maximum absolute atomic E-state index is 14.2. The third-order valence-corrected chi connectivity index (χ3v) is 6.30. The number of nitrogens with one attached hydrogen (secondary N) is 1. The lowest BCUT2D eigenvalue weighted by atomic mass is 10.1. The summed E-state index contributed by atoms with van der Waals surface area (Å²) >= 11 is 0. The van der Waals surface area contributed by atoms with E-state index in [0.29, 0.717) is 17.7 Å². The van der Waals surface area contributed by atoms with Crippen LogP contribution in [0.15, 0.2) is 42.7 Å². The molecule has 168 valence electrons. The van der Waals surface area contributed by atoms with Gasteiger partial charge in [-0.25, -0.2) is 9.07 Å². The van der Waals surface area contributed by atoms with Crippen molar-refractivity contribution < 1.29 is 9.13 Å². The summed E-state index contributed by atoms with van der Waals surface area (Å²) < 4.78 is 21.0. The minimum atomic E-state index is -0.324. The molecule has 0 saturated carbocycles. The quantitative estimate of drug-likeness (QED) is 0.638. The summed E-state index contributed by atoms with van der Waals surface area (Å²) in [7, 11) is 0. The van der Waals surface area contributed by atoms with Gasteiger partial charge in [0.25, 0.3) is 0 Å². The van der Waals surface area contributed by atoms with E-state index >= 15 is 0 Å². The van der Waals surface area contributed by atoms with Crippen LogP contribution in [-0.4, -0.2) is 65.1 Å². The number of piperazine rings is 1. The Morgan fingerprint density at radius 3 is 2.62 bits per heavy atom. The molecule has 0 aliphatic carbocycles. The van der Waals surface area contributed by atoms with Crippen molar-refractivity contribution in [3.63, 3.8) is 0 Å². The number of ether oxygens (including phenoxy) is 1. The number of hydrogen-bond donors (Lipinski definition) is 1. The number of rotatable bonds is 6. The van der Waals surface area contributed by atoms with E-state index in [2.05, 4.69) is 50.3 Å². The summed E-state index contributed by atoms with van der Waals surface area (Å²) in [5.41, 5.74) is 4.76. The molecule has 0 atom stereocenters. The minimum absolute atomic E-state index is 0.324. The van der Waals surface area contributed by atoms with E-state index in [0.717, 1.165) is 57.1 Å². The molecule has 8 heteroatoms. The van der Waals surface area contributed by atoms with Crippen molar-refractivity contribution in [2.45, 2.75) is 26.3 Å². The number of aromatic nitrogens is 3. The number of aryl methyl sites for hydroxylation is 2. The van der Waals surface area contributed by atoms with E-state index in [1.165, 1.54) is 28.3 Å². The molecule has 2 aliphatic rings. The van der Waals surface area contributed by atoms with Crippen molar-refractivity contribution in [2.75, 3.05) is 49.6 Å². The van der Waals surface area contributed by atoms with Crippen LogP contribution < -0.4 is 10.2 Å². The van der Waals surface area contributed by atoms with E-state index in [-0.39, 0.29) is 5.82 Å². The molecule has 5 rings (SSSR count). The summed E-state index contributed by atoms with van der Waals surface area (Å²) in [6, 6.07) is 12.1. The zero-order chi connectivity index (χ0) is 22.1. The molecule has 2 fully saturated rings. The van der Waals surface area contributed by atoms with E-state index < -0.39 is 0 Å². The van der Waals surface area contributed by atoms with Crippen molar-refractivity contribution in [3.05, 3.63) is 59.7 Å². The second kappa shape index (κ2) is 8.88. The lowest BCUT2D eigenvalue weighted by Crippen LogP contribution is -2.56. The molecule has 1 N–H and O–H groups in total. The Bertz CT molecular complexity index is 1090. The highest BCUT2D eigenvalue weighted by molar-refractivity contribution is 5.64. The van der Waals surface area contributed by atoms with Crippen LogP contribution in [0.3, 0.4) is 0 Å².